The van der Waals surface area contributed by atoms with E-state index in [4.69, 9.17) is 9.51 Å². The molecular weight excluding hydrogens is 338 g/mol. The first-order chi connectivity index (χ1) is 13.0. The van der Waals surface area contributed by atoms with Crippen LogP contribution in [0.25, 0.3) is 33.3 Å². The first kappa shape index (κ1) is 17.4. The molecule has 1 N–H and O–H groups in total. The molecule has 4 aromatic rings. The van der Waals surface area contributed by atoms with Crippen molar-refractivity contribution in [1.82, 2.24) is 15.1 Å². The highest BCUT2D eigenvalue weighted by Crippen LogP contribution is 2.38. The summed E-state index contributed by atoms with van der Waals surface area (Å²) in [5.41, 5.74) is 7.18. The van der Waals surface area contributed by atoms with Gasteiger partial charge in [0.15, 0.2) is 0 Å². The van der Waals surface area contributed by atoms with E-state index in [-0.39, 0.29) is 0 Å². The second-order valence-electron chi connectivity index (χ2n) is 6.92. The van der Waals surface area contributed by atoms with Gasteiger partial charge in [0.25, 0.3) is 0 Å². The summed E-state index contributed by atoms with van der Waals surface area (Å²) < 4.78 is 5.39. The average molecular weight is 359 g/mol. The molecule has 0 aliphatic rings. The molecule has 4 rings (SSSR count). The van der Waals surface area contributed by atoms with Crippen molar-refractivity contribution in [3.63, 3.8) is 0 Å². The fourth-order valence-electron chi connectivity index (χ4n) is 3.55. The van der Waals surface area contributed by atoms with Gasteiger partial charge in [0.1, 0.15) is 5.76 Å². The number of nitrogens with zero attached hydrogens (tertiary/aromatic N) is 3. The Kier molecular flexibility index (Phi) is 4.24. The summed E-state index contributed by atoms with van der Waals surface area (Å²) >= 11 is 0. The van der Waals surface area contributed by atoms with Gasteiger partial charge >= 0.3 is 0 Å². The van der Waals surface area contributed by atoms with E-state index in [0.29, 0.717) is 0 Å². The van der Waals surface area contributed by atoms with E-state index in [0.717, 1.165) is 55.9 Å². The first-order valence-electron chi connectivity index (χ1n) is 8.92. The smallest absolute Gasteiger partial charge is 0.143 e. The molecule has 0 spiro atoms. The second-order valence-corrected chi connectivity index (χ2v) is 6.92. The summed E-state index contributed by atoms with van der Waals surface area (Å²) in [6.07, 6.45) is 2.99. The van der Waals surface area contributed by atoms with Crippen LogP contribution in [0, 0.1) is 20.8 Å². The molecule has 0 aliphatic carbocycles. The van der Waals surface area contributed by atoms with Crippen molar-refractivity contribution in [1.29, 1.82) is 0 Å². The standard InChI is InChI=1S/C22H21N3O2/c1-12-8-17(14(3)26)19-10-18(16-6-5-7-23-11-16)22(24-20(19)9-12)21-13(2)25-27-15(21)4/h5-11,14,26H,1-4H3. The van der Waals surface area contributed by atoms with Gasteiger partial charge in [-0.15, -0.1) is 0 Å². The SMILES string of the molecule is Cc1cc(C(C)O)c2cc(-c3cccnc3)c(-c3c(C)noc3C)nc2c1. The third-order valence-electron chi connectivity index (χ3n) is 4.80. The van der Waals surface area contributed by atoms with Gasteiger partial charge in [-0.1, -0.05) is 17.3 Å². The first-order valence-corrected chi connectivity index (χ1v) is 8.92. The predicted octanol–water partition coefficient (Wildman–Crippen LogP) is 4.93. The van der Waals surface area contributed by atoms with Gasteiger partial charge in [-0.3, -0.25) is 4.98 Å². The molecule has 0 bridgehead atoms. The van der Waals surface area contributed by atoms with Gasteiger partial charge in [-0.05, 0) is 57.0 Å². The molecule has 3 heterocycles. The fourth-order valence-corrected chi connectivity index (χ4v) is 3.55. The van der Waals surface area contributed by atoms with Crippen LogP contribution in [-0.2, 0) is 0 Å². The highest BCUT2D eigenvalue weighted by molar-refractivity contribution is 5.94. The zero-order valence-electron chi connectivity index (χ0n) is 15.8. The molecule has 0 saturated carbocycles. The monoisotopic (exact) mass is 359 g/mol. The Labute approximate surface area is 157 Å². The van der Waals surface area contributed by atoms with Crippen LogP contribution >= 0.6 is 0 Å². The normalized spacial score (nSPS) is 12.5. The molecule has 0 radical (unpaired) electrons. The molecule has 27 heavy (non-hydrogen) atoms. The maximum atomic E-state index is 10.3. The Morgan fingerprint density at radius 2 is 1.93 bits per heavy atom. The van der Waals surface area contributed by atoms with Gasteiger partial charge in [0.2, 0.25) is 0 Å². The van der Waals surface area contributed by atoms with E-state index < -0.39 is 6.10 Å². The predicted molar refractivity (Wildman–Crippen MR) is 105 cm³/mol. The van der Waals surface area contributed by atoms with Crippen LogP contribution in [0.4, 0.5) is 0 Å². The van der Waals surface area contributed by atoms with Crippen LogP contribution in [0.15, 0.2) is 47.2 Å². The zero-order chi connectivity index (χ0) is 19.1. The van der Waals surface area contributed by atoms with Crippen molar-refractivity contribution in [2.75, 3.05) is 0 Å². The highest BCUT2D eigenvalue weighted by Gasteiger charge is 2.20. The summed E-state index contributed by atoms with van der Waals surface area (Å²) in [6, 6.07) is 10.0. The molecule has 1 atom stereocenters. The second kappa shape index (κ2) is 6.59. The van der Waals surface area contributed by atoms with Gasteiger partial charge in [0.05, 0.1) is 28.6 Å². The van der Waals surface area contributed by atoms with Crippen LogP contribution < -0.4 is 0 Å². The number of hydrogen-bond acceptors (Lipinski definition) is 5. The minimum absolute atomic E-state index is 0.583. The Bertz CT molecular complexity index is 1110. The van der Waals surface area contributed by atoms with Crippen LogP contribution in [0.3, 0.4) is 0 Å². The maximum Gasteiger partial charge on any atom is 0.143 e. The van der Waals surface area contributed by atoms with E-state index in [1.807, 2.05) is 51.2 Å². The van der Waals surface area contributed by atoms with Gasteiger partial charge in [-0.25, -0.2) is 4.98 Å². The largest absolute Gasteiger partial charge is 0.389 e. The number of fused-ring (bicyclic) bond motifs is 1. The summed E-state index contributed by atoms with van der Waals surface area (Å²) in [4.78, 5) is 9.24. The molecule has 0 amide bonds. The molecular formula is C22H21N3O2. The third-order valence-corrected chi connectivity index (χ3v) is 4.80. The summed E-state index contributed by atoms with van der Waals surface area (Å²) in [7, 11) is 0. The van der Waals surface area contributed by atoms with Gasteiger partial charge in [0, 0.05) is 28.9 Å². The van der Waals surface area contributed by atoms with Crippen molar-refractivity contribution in [2.24, 2.45) is 0 Å². The van der Waals surface area contributed by atoms with Crippen LogP contribution in [0.1, 0.15) is 35.6 Å². The zero-order valence-corrected chi connectivity index (χ0v) is 15.8. The van der Waals surface area contributed by atoms with E-state index in [1.165, 1.54) is 0 Å². The molecule has 136 valence electrons. The highest BCUT2D eigenvalue weighted by atomic mass is 16.5. The minimum atomic E-state index is -0.583. The molecule has 5 heteroatoms. The maximum absolute atomic E-state index is 10.3. The number of hydrogen-bond donors (Lipinski definition) is 1. The van der Waals surface area contributed by atoms with E-state index in [2.05, 4.69) is 16.2 Å². The molecule has 5 nitrogen and oxygen atoms in total. The van der Waals surface area contributed by atoms with Crippen molar-refractivity contribution in [3.05, 3.63) is 65.3 Å². The molecule has 0 saturated heterocycles. The van der Waals surface area contributed by atoms with Gasteiger partial charge < -0.3 is 9.63 Å². The Morgan fingerprint density at radius 1 is 1.11 bits per heavy atom. The van der Waals surface area contributed by atoms with Crippen molar-refractivity contribution in [3.8, 4) is 22.4 Å². The fraction of sp³-hybridized carbons (Fsp3) is 0.227. The number of rotatable bonds is 3. The average Bonchev–Trinajstić information content (AvgIpc) is 2.99. The van der Waals surface area contributed by atoms with Crippen LogP contribution in [0.2, 0.25) is 0 Å². The third kappa shape index (κ3) is 3.00. The quantitative estimate of drug-likeness (QED) is 0.561. The minimum Gasteiger partial charge on any atom is -0.389 e. The Hall–Kier alpha value is -3.05. The van der Waals surface area contributed by atoms with E-state index in [9.17, 15) is 5.11 Å². The molecule has 1 unspecified atom stereocenters. The number of pyridine rings is 2. The Balaban J connectivity index is 2.13. The Morgan fingerprint density at radius 3 is 2.56 bits per heavy atom. The van der Waals surface area contributed by atoms with Crippen LogP contribution in [0.5, 0.6) is 0 Å². The van der Waals surface area contributed by atoms with Crippen molar-refractivity contribution >= 4 is 10.9 Å². The number of aryl methyl sites for hydroxylation is 3. The van der Waals surface area contributed by atoms with Crippen molar-refractivity contribution in [2.45, 2.75) is 33.8 Å². The lowest BCUT2D eigenvalue weighted by molar-refractivity contribution is 0.201. The number of aromatic nitrogens is 3. The van der Waals surface area contributed by atoms with Gasteiger partial charge in [-0.2, -0.15) is 0 Å². The molecule has 0 aliphatic heterocycles. The molecule has 3 aromatic heterocycles. The number of benzene rings is 1. The number of aliphatic hydroxyl groups is 1. The number of aliphatic hydroxyl groups excluding tert-OH is 1. The summed E-state index contributed by atoms with van der Waals surface area (Å²) in [6.45, 7) is 7.60. The van der Waals surface area contributed by atoms with E-state index in [1.54, 1.807) is 13.1 Å². The molecule has 0 fully saturated rings. The van der Waals surface area contributed by atoms with Crippen LogP contribution in [-0.4, -0.2) is 20.2 Å². The van der Waals surface area contributed by atoms with E-state index >= 15 is 0 Å². The topological polar surface area (TPSA) is 72.0 Å². The lowest BCUT2D eigenvalue weighted by Crippen LogP contribution is -1.99. The lowest BCUT2D eigenvalue weighted by atomic mass is 9.94. The summed E-state index contributed by atoms with van der Waals surface area (Å²) in [5, 5.41) is 15.3. The molecule has 1 aromatic carbocycles. The van der Waals surface area contributed by atoms with Crippen molar-refractivity contribution < 1.29 is 9.63 Å². The lowest BCUT2D eigenvalue weighted by Gasteiger charge is -2.15. The summed E-state index contributed by atoms with van der Waals surface area (Å²) in [5.74, 6) is 0.730.